The summed E-state index contributed by atoms with van der Waals surface area (Å²) in [4.78, 5) is 13.5. The molecule has 0 aromatic heterocycles. The minimum absolute atomic E-state index is 0.646. The lowest BCUT2D eigenvalue weighted by atomic mass is 10.1. The molecule has 0 saturated heterocycles. The molecule has 0 aliphatic carbocycles. The maximum Gasteiger partial charge on any atom is 0.152 e. The molecule has 3 rings (SSSR count). The molecule has 0 aliphatic heterocycles. The Kier molecular flexibility index (Phi) is 4.39. The van der Waals surface area contributed by atoms with Crippen molar-refractivity contribution in [1.29, 1.82) is 0 Å². The summed E-state index contributed by atoms with van der Waals surface area (Å²) < 4.78 is 5.23. The summed E-state index contributed by atoms with van der Waals surface area (Å²) in [7, 11) is 1.64. The molecule has 0 spiro atoms. The van der Waals surface area contributed by atoms with E-state index < -0.39 is 0 Å². The number of para-hydroxylation sites is 2. The number of carbonyl (C=O) groups is 1. The zero-order valence-corrected chi connectivity index (χ0v) is 12.8. The SMILES string of the molecule is COc1ccc(N(c2ccccc2)c2ccccc2C=O)cc1. The quantitative estimate of drug-likeness (QED) is 0.623. The van der Waals surface area contributed by atoms with Crippen LogP contribution in [-0.2, 0) is 0 Å². The number of anilines is 3. The maximum absolute atomic E-state index is 11.4. The molecular weight excluding hydrogens is 286 g/mol. The number of rotatable bonds is 5. The van der Waals surface area contributed by atoms with Crippen molar-refractivity contribution < 1.29 is 9.53 Å². The molecule has 0 N–H and O–H groups in total. The van der Waals surface area contributed by atoms with E-state index >= 15 is 0 Å². The van der Waals surface area contributed by atoms with Gasteiger partial charge in [-0.25, -0.2) is 0 Å². The first-order valence-electron chi connectivity index (χ1n) is 7.37. The van der Waals surface area contributed by atoms with Gasteiger partial charge >= 0.3 is 0 Å². The molecule has 0 bridgehead atoms. The van der Waals surface area contributed by atoms with E-state index in [0.29, 0.717) is 5.56 Å². The van der Waals surface area contributed by atoms with E-state index in [1.54, 1.807) is 7.11 Å². The highest BCUT2D eigenvalue weighted by molar-refractivity contribution is 5.90. The molecule has 0 atom stereocenters. The van der Waals surface area contributed by atoms with E-state index in [1.165, 1.54) is 0 Å². The first-order valence-corrected chi connectivity index (χ1v) is 7.37. The Bertz CT molecular complexity index is 782. The number of nitrogens with zero attached hydrogens (tertiary/aromatic N) is 1. The summed E-state index contributed by atoms with van der Waals surface area (Å²) in [5.74, 6) is 0.797. The zero-order valence-electron chi connectivity index (χ0n) is 12.8. The van der Waals surface area contributed by atoms with Gasteiger partial charge in [0, 0.05) is 16.9 Å². The molecule has 0 radical (unpaired) electrons. The van der Waals surface area contributed by atoms with Gasteiger partial charge in [-0.15, -0.1) is 0 Å². The first kappa shape index (κ1) is 14.9. The van der Waals surface area contributed by atoms with Crippen LogP contribution in [0.25, 0.3) is 0 Å². The Labute approximate surface area is 135 Å². The van der Waals surface area contributed by atoms with Crippen molar-refractivity contribution in [2.24, 2.45) is 0 Å². The highest BCUT2D eigenvalue weighted by Crippen LogP contribution is 2.36. The van der Waals surface area contributed by atoms with Gasteiger partial charge in [-0.05, 0) is 48.5 Å². The number of carbonyl (C=O) groups excluding carboxylic acids is 1. The molecule has 114 valence electrons. The third kappa shape index (κ3) is 3.09. The minimum Gasteiger partial charge on any atom is -0.497 e. The van der Waals surface area contributed by atoms with Gasteiger partial charge in [0.15, 0.2) is 6.29 Å². The molecule has 3 aromatic rings. The molecule has 0 heterocycles. The predicted octanol–water partition coefficient (Wildman–Crippen LogP) is 4.98. The van der Waals surface area contributed by atoms with Gasteiger partial charge < -0.3 is 9.64 Å². The minimum atomic E-state index is 0.646. The summed E-state index contributed by atoms with van der Waals surface area (Å²) in [5.41, 5.74) is 3.45. The lowest BCUT2D eigenvalue weighted by Gasteiger charge is -2.26. The molecule has 3 heteroatoms. The van der Waals surface area contributed by atoms with Gasteiger partial charge in [-0.2, -0.15) is 0 Å². The van der Waals surface area contributed by atoms with E-state index in [4.69, 9.17) is 4.74 Å². The molecule has 23 heavy (non-hydrogen) atoms. The van der Waals surface area contributed by atoms with Crippen molar-refractivity contribution in [3.63, 3.8) is 0 Å². The predicted molar refractivity (Wildman–Crippen MR) is 93.1 cm³/mol. The van der Waals surface area contributed by atoms with Crippen molar-refractivity contribution in [3.8, 4) is 5.75 Å². The van der Waals surface area contributed by atoms with Crippen LogP contribution in [0, 0.1) is 0 Å². The monoisotopic (exact) mass is 303 g/mol. The molecule has 0 amide bonds. The van der Waals surface area contributed by atoms with Crippen LogP contribution in [-0.4, -0.2) is 13.4 Å². The molecule has 3 aromatic carbocycles. The van der Waals surface area contributed by atoms with E-state index in [1.807, 2.05) is 78.9 Å². The van der Waals surface area contributed by atoms with Crippen molar-refractivity contribution in [2.45, 2.75) is 0 Å². The van der Waals surface area contributed by atoms with E-state index in [-0.39, 0.29) is 0 Å². The molecule has 3 nitrogen and oxygen atoms in total. The van der Waals surface area contributed by atoms with Gasteiger partial charge in [0.2, 0.25) is 0 Å². The van der Waals surface area contributed by atoms with Crippen LogP contribution in [0.5, 0.6) is 5.75 Å². The van der Waals surface area contributed by atoms with Crippen molar-refractivity contribution in [1.82, 2.24) is 0 Å². The molecular formula is C20H17NO2. The number of hydrogen-bond donors (Lipinski definition) is 0. The van der Waals surface area contributed by atoms with Crippen LogP contribution in [0.3, 0.4) is 0 Å². The summed E-state index contributed by atoms with van der Waals surface area (Å²) in [6.45, 7) is 0. The molecule has 0 aliphatic rings. The third-order valence-corrected chi connectivity index (χ3v) is 3.65. The van der Waals surface area contributed by atoms with Crippen molar-refractivity contribution >= 4 is 23.3 Å². The summed E-state index contributed by atoms with van der Waals surface area (Å²) >= 11 is 0. The second-order valence-corrected chi connectivity index (χ2v) is 5.05. The second-order valence-electron chi connectivity index (χ2n) is 5.05. The van der Waals surface area contributed by atoms with E-state index in [9.17, 15) is 4.79 Å². The van der Waals surface area contributed by atoms with Crippen LogP contribution in [0.2, 0.25) is 0 Å². The zero-order chi connectivity index (χ0) is 16.1. The molecule has 0 saturated carbocycles. The summed E-state index contributed by atoms with van der Waals surface area (Å²) in [6, 6.07) is 25.3. The summed E-state index contributed by atoms with van der Waals surface area (Å²) in [6.07, 6.45) is 0.884. The van der Waals surface area contributed by atoms with Crippen molar-refractivity contribution in [3.05, 3.63) is 84.4 Å². The third-order valence-electron chi connectivity index (χ3n) is 3.65. The Morgan fingerprint density at radius 1 is 0.783 bits per heavy atom. The topological polar surface area (TPSA) is 29.5 Å². The van der Waals surface area contributed by atoms with Gasteiger partial charge in [-0.1, -0.05) is 30.3 Å². The number of aldehydes is 1. The van der Waals surface area contributed by atoms with E-state index in [2.05, 4.69) is 4.90 Å². The maximum atomic E-state index is 11.4. The average molecular weight is 303 g/mol. The fourth-order valence-electron chi connectivity index (χ4n) is 2.53. The van der Waals surface area contributed by atoms with Gasteiger partial charge in [0.25, 0.3) is 0 Å². The number of hydrogen-bond acceptors (Lipinski definition) is 3. The highest BCUT2D eigenvalue weighted by Gasteiger charge is 2.15. The Morgan fingerprint density at radius 3 is 2.04 bits per heavy atom. The Balaban J connectivity index is 2.16. The first-order chi connectivity index (χ1) is 11.3. The fraction of sp³-hybridized carbons (Fsp3) is 0.0500. The van der Waals surface area contributed by atoms with Gasteiger partial charge in [0.1, 0.15) is 5.75 Å². The lowest BCUT2D eigenvalue weighted by molar-refractivity contribution is 0.112. The lowest BCUT2D eigenvalue weighted by Crippen LogP contribution is -2.11. The van der Waals surface area contributed by atoms with Crippen LogP contribution >= 0.6 is 0 Å². The highest BCUT2D eigenvalue weighted by atomic mass is 16.5. The smallest absolute Gasteiger partial charge is 0.152 e. The average Bonchev–Trinajstić information content (AvgIpc) is 2.64. The van der Waals surface area contributed by atoms with Crippen LogP contribution in [0.15, 0.2) is 78.9 Å². The van der Waals surface area contributed by atoms with Gasteiger partial charge in [-0.3, -0.25) is 4.79 Å². The molecule has 0 fully saturated rings. The van der Waals surface area contributed by atoms with Crippen LogP contribution < -0.4 is 9.64 Å². The number of benzene rings is 3. The number of methoxy groups -OCH3 is 1. The van der Waals surface area contributed by atoms with E-state index in [0.717, 1.165) is 29.1 Å². The summed E-state index contributed by atoms with van der Waals surface area (Å²) in [5, 5.41) is 0. The van der Waals surface area contributed by atoms with Crippen LogP contribution in [0.4, 0.5) is 17.1 Å². The van der Waals surface area contributed by atoms with Gasteiger partial charge in [0.05, 0.1) is 12.8 Å². The largest absolute Gasteiger partial charge is 0.497 e. The Hall–Kier alpha value is -3.07. The van der Waals surface area contributed by atoms with Crippen molar-refractivity contribution in [2.75, 3.05) is 12.0 Å². The second kappa shape index (κ2) is 6.79. The van der Waals surface area contributed by atoms with Crippen LogP contribution in [0.1, 0.15) is 10.4 Å². The molecule has 0 unspecified atom stereocenters. The standard InChI is InChI=1S/C20H17NO2/c1-23-19-13-11-18(12-14-19)21(17-8-3-2-4-9-17)20-10-6-5-7-16(20)15-22/h2-15H,1H3. The Morgan fingerprint density at radius 2 is 1.39 bits per heavy atom. The fourth-order valence-corrected chi connectivity index (χ4v) is 2.53. The normalized spacial score (nSPS) is 10.1. The number of ether oxygens (including phenoxy) is 1.